The lowest BCUT2D eigenvalue weighted by atomic mass is 10.1. The average molecular weight is 257 g/mol. The molecule has 0 saturated carbocycles. The lowest BCUT2D eigenvalue weighted by Crippen LogP contribution is -2.41. The van der Waals surface area contributed by atoms with Crippen molar-refractivity contribution in [3.05, 3.63) is 36.0 Å². The van der Waals surface area contributed by atoms with Crippen LogP contribution in [0.4, 0.5) is 0 Å². The van der Waals surface area contributed by atoms with E-state index in [1.54, 1.807) is 0 Å². The molecule has 1 aromatic heterocycles. The first kappa shape index (κ1) is 12.2. The van der Waals surface area contributed by atoms with Crippen LogP contribution in [0, 0.1) is 0 Å². The molecule has 1 amide bonds. The van der Waals surface area contributed by atoms with Crippen molar-refractivity contribution in [3.8, 4) is 0 Å². The number of benzene rings is 1. The van der Waals surface area contributed by atoms with Gasteiger partial charge in [0.25, 0.3) is 0 Å². The lowest BCUT2D eigenvalue weighted by Gasteiger charge is -2.10. The maximum Gasteiger partial charge on any atom is 0.237 e. The van der Waals surface area contributed by atoms with E-state index in [2.05, 4.69) is 27.8 Å². The third kappa shape index (κ3) is 2.63. The summed E-state index contributed by atoms with van der Waals surface area (Å²) in [5.74, 6) is 0.136. The third-order valence-electron chi connectivity index (χ3n) is 3.75. The molecule has 1 saturated heterocycles. The predicted octanol–water partition coefficient (Wildman–Crippen LogP) is 1.58. The number of aromatic amines is 1. The monoisotopic (exact) mass is 257 g/mol. The van der Waals surface area contributed by atoms with Crippen LogP contribution in [0.3, 0.4) is 0 Å². The number of rotatable bonds is 4. The van der Waals surface area contributed by atoms with Gasteiger partial charge in [0.2, 0.25) is 5.91 Å². The summed E-state index contributed by atoms with van der Waals surface area (Å²) in [6, 6.07) is 8.26. The van der Waals surface area contributed by atoms with Crippen molar-refractivity contribution < 1.29 is 4.79 Å². The van der Waals surface area contributed by atoms with Gasteiger partial charge >= 0.3 is 0 Å². The van der Waals surface area contributed by atoms with E-state index in [1.165, 1.54) is 10.9 Å². The SMILES string of the molecule is O=C(NCCc1c[nH]c2ccccc12)[C@H]1CCCN1. The van der Waals surface area contributed by atoms with Gasteiger partial charge in [-0.1, -0.05) is 18.2 Å². The van der Waals surface area contributed by atoms with Crippen LogP contribution in [0.1, 0.15) is 18.4 Å². The maximum absolute atomic E-state index is 11.9. The summed E-state index contributed by atoms with van der Waals surface area (Å²) < 4.78 is 0. The number of para-hydroxylation sites is 1. The molecule has 100 valence electrons. The number of aromatic nitrogens is 1. The van der Waals surface area contributed by atoms with Crippen LogP contribution in [-0.4, -0.2) is 30.0 Å². The Hall–Kier alpha value is -1.81. The van der Waals surface area contributed by atoms with E-state index in [0.717, 1.165) is 31.3 Å². The second-order valence-corrected chi connectivity index (χ2v) is 5.05. The number of H-pyrrole nitrogens is 1. The zero-order valence-electron chi connectivity index (χ0n) is 10.9. The van der Waals surface area contributed by atoms with E-state index in [0.29, 0.717) is 6.54 Å². The topological polar surface area (TPSA) is 56.9 Å². The highest BCUT2D eigenvalue weighted by Crippen LogP contribution is 2.17. The minimum Gasteiger partial charge on any atom is -0.361 e. The van der Waals surface area contributed by atoms with Gasteiger partial charge in [-0.2, -0.15) is 0 Å². The molecule has 19 heavy (non-hydrogen) atoms. The Kier molecular flexibility index (Phi) is 3.51. The fourth-order valence-corrected chi connectivity index (χ4v) is 2.69. The van der Waals surface area contributed by atoms with Crippen molar-refractivity contribution in [1.82, 2.24) is 15.6 Å². The molecule has 3 N–H and O–H groups in total. The molecule has 0 bridgehead atoms. The van der Waals surface area contributed by atoms with Crippen molar-refractivity contribution in [2.24, 2.45) is 0 Å². The molecular weight excluding hydrogens is 238 g/mol. The van der Waals surface area contributed by atoms with Crippen LogP contribution < -0.4 is 10.6 Å². The zero-order chi connectivity index (χ0) is 13.1. The molecule has 0 radical (unpaired) electrons. The summed E-state index contributed by atoms with van der Waals surface area (Å²) >= 11 is 0. The third-order valence-corrected chi connectivity index (χ3v) is 3.75. The Morgan fingerprint density at radius 2 is 2.26 bits per heavy atom. The number of fused-ring (bicyclic) bond motifs is 1. The van der Waals surface area contributed by atoms with Crippen LogP contribution in [0.5, 0.6) is 0 Å². The molecule has 1 aliphatic heterocycles. The Labute approximate surface area is 112 Å². The molecule has 1 fully saturated rings. The van der Waals surface area contributed by atoms with Gasteiger partial charge in [-0.15, -0.1) is 0 Å². The summed E-state index contributed by atoms with van der Waals surface area (Å²) in [5, 5.41) is 7.47. The summed E-state index contributed by atoms with van der Waals surface area (Å²) in [7, 11) is 0. The molecule has 3 rings (SSSR count). The van der Waals surface area contributed by atoms with Crippen LogP contribution in [0.15, 0.2) is 30.5 Å². The number of nitrogens with one attached hydrogen (secondary N) is 3. The van der Waals surface area contributed by atoms with Crippen LogP contribution in [0.2, 0.25) is 0 Å². The number of carbonyl (C=O) groups excluding carboxylic acids is 1. The molecule has 2 aromatic rings. The van der Waals surface area contributed by atoms with Gasteiger partial charge in [-0.25, -0.2) is 0 Å². The highest BCUT2D eigenvalue weighted by atomic mass is 16.2. The normalized spacial score (nSPS) is 18.8. The van der Waals surface area contributed by atoms with E-state index in [9.17, 15) is 4.79 Å². The second-order valence-electron chi connectivity index (χ2n) is 5.05. The molecule has 4 heteroatoms. The quantitative estimate of drug-likeness (QED) is 0.779. The Morgan fingerprint density at radius 1 is 1.37 bits per heavy atom. The van der Waals surface area contributed by atoms with Crippen molar-refractivity contribution in [1.29, 1.82) is 0 Å². The Morgan fingerprint density at radius 3 is 3.11 bits per heavy atom. The fourth-order valence-electron chi connectivity index (χ4n) is 2.69. The van der Waals surface area contributed by atoms with E-state index in [-0.39, 0.29) is 11.9 Å². The van der Waals surface area contributed by atoms with Crippen LogP contribution >= 0.6 is 0 Å². The van der Waals surface area contributed by atoms with Gasteiger partial charge < -0.3 is 15.6 Å². The maximum atomic E-state index is 11.9. The fraction of sp³-hybridized carbons (Fsp3) is 0.400. The van der Waals surface area contributed by atoms with Crippen LogP contribution in [-0.2, 0) is 11.2 Å². The molecule has 0 unspecified atom stereocenters. The largest absolute Gasteiger partial charge is 0.361 e. The van der Waals surface area contributed by atoms with Gasteiger partial charge in [0.05, 0.1) is 6.04 Å². The van der Waals surface area contributed by atoms with Crippen molar-refractivity contribution >= 4 is 16.8 Å². The van der Waals surface area contributed by atoms with E-state index >= 15 is 0 Å². The second kappa shape index (κ2) is 5.45. The number of amides is 1. The molecule has 0 spiro atoms. The Balaban J connectivity index is 1.56. The van der Waals surface area contributed by atoms with Crippen molar-refractivity contribution in [3.63, 3.8) is 0 Å². The average Bonchev–Trinajstić information content (AvgIpc) is 3.08. The van der Waals surface area contributed by atoms with Crippen LogP contribution in [0.25, 0.3) is 10.9 Å². The highest BCUT2D eigenvalue weighted by Gasteiger charge is 2.21. The van der Waals surface area contributed by atoms with E-state index in [4.69, 9.17) is 0 Å². The van der Waals surface area contributed by atoms with E-state index in [1.807, 2.05) is 18.3 Å². The van der Waals surface area contributed by atoms with Crippen molar-refractivity contribution in [2.45, 2.75) is 25.3 Å². The van der Waals surface area contributed by atoms with Gasteiger partial charge in [-0.3, -0.25) is 4.79 Å². The molecule has 1 atom stereocenters. The predicted molar refractivity (Wildman–Crippen MR) is 76.0 cm³/mol. The molecule has 2 heterocycles. The summed E-state index contributed by atoms with van der Waals surface area (Å²) in [6.45, 7) is 1.65. The number of hydrogen-bond acceptors (Lipinski definition) is 2. The smallest absolute Gasteiger partial charge is 0.237 e. The van der Waals surface area contributed by atoms with E-state index < -0.39 is 0 Å². The van der Waals surface area contributed by atoms with Crippen molar-refractivity contribution in [2.75, 3.05) is 13.1 Å². The lowest BCUT2D eigenvalue weighted by molar-refractivity contribution is -0.122. The highest BCUT2D eigenvalue weighted by molar-refractivity contribution is 5.84. The molecule has 1 aromatic carbocycles. The minimum atomic E-state index is 0.0166. The first-order valence-electron chi connectivity index (χ1n) is 6.91. The molecule has 1 aliphatic rings. The molecular formula is C15H19N3O. The zero-order valence-corrected chi connectivity index (χ0v) is 10.9. The van der Waals surface area contributed by atoms with Gasteiger partial charge in [0.1, 0.15) is 0 Å². The standard InChI is InChI=1S/C15H19N3O/c19-15(14-6-3-8-16-14)17-9-7-11-10-18-13-5-2-1-4-12(11)13/h1-2,4-5,10,14,16,18H,3,6-9H2,(H,17,19)/t14-/m1/s1. The van der Waals surface area contributed by atoms with Gasteiger partial charge in [0.15, 0.2) is 0 Å². The summed E-state index contributed by atoms with van der Waals surface area (Å²) in [4.78, 5) is 15.1. The first-order valence-corrected chi connectivity index (χ1v) is 6.91. The molecule has 0 aliphatic carbocycles. The van der Waals surface area contributed by atoms with Gasteiger partial charge in [-0.05, 0) is 37.4 Å². The first-order chi connectivity index (χ1) is 9.34. The number of hydrogen-bond donors (Lipinski definition) is 3. The van der Waals surface area contributed by atoms with Gasteiger partial charge in [0, 0.05) is 23.6 Å². The summed E-state index contributed by atoms with van der Waals surface area (Å²) in [6.07, 6.45) is 4.95. The summed E-state index contributed by atoms with van der Waals surface area (Å²) in [5.41, 5.74) is 2.41. The Bertz CT molecular complexity index is 570. The molecule has 4 nitrogen and oxygen atoms in total. The number of carbonyl (C=O) groups is 1. The minimum absolute atomic E-state index is 0.0166.